The minimum Gasteiger partial charge on any atom is -0.394 e. The van der Waals surface area contributed by atoms with Crippen molar-refractivity contribution in [3.05, 3.63) is 117 Å². The summed E-state index contributed by atoms with van der Waals surface area (Å²) in [6, 6.07) is 24.9. The van der Waals surface area contributed by atoms with E-state index >= 15 is 0 Å². The molecule has 0 aliphatic heterocycles. The number of hydrogen-bond donors (Lipinski definition) is 0. The van der Waals surface area contributed by atoms with Crippen LogP contribution in [0.4, 0.5) is 16.2 Å². The predicted octanol–water partition coefficient (Wildman–Crippen LogP) is 6.41. The molecule has 0 spiro atoms. The van der Waals surface area contributed by atoms with Gasteiger partial charge in [-0.1, -0.05) is 60.7 Å². The SMILES string of the molecule is O=C(Oc1ccccc1-c1ccccc1[N+](=O)[O-])Oc1ccccc1-c1ccccc1[N+](=O)[O-]. The van der Waals surface area contributed by atoms with E-state index in [9.17, 15) is 25.0 Å². The first-order valence-corrected chi connectivity index (χ1v) is 10.0. The molecule has 0 bridgehead atoms. The summed E-state index contributed by atoms with van der Waals surface area (Å²) in [7, 11) is 0. The molecule has 0 amide bonds. The first-order valence-electron chi connectivity index (χ1n) is 10.0. The second kappa shape index (κ2) is 9.61. The molecule has 168 valence electrons. The molecule has 0 unspecified atom stereocenters. The van der Waals surface area contributed by atoms with Gasteiger partial charge in [0, 0.05) is 23.3 Å². The first kappa shape index (κ1) is 22.2. The summed E-state index contributed by atoms with van der Waals surface area (Å²) in [4.78, 5) is 34.5. The number of carbonyl (C=O) groups excluding carboxylic acids is 1. The molecule has 0 radical (unpaired) electrons. The quantitative estimate of drug-likeness (QED) is 0.142. The number of nitro benzene ring substituents is 2. The van der Waals surface area contributed by atoms with Crippen molar-refractivity contribution < 1.29 is 24.1 Å². The van der Waals surface area contributed by atoms with Crippen molar-refractivity contribution in [1.82, 2.24) is 0 Å². The Morgan fingerprint density at radius 3 is 1.24 bits per heavy atom. The molecule has 4 aromatic rings. The lowest BCUT2D eigenvalue weighted by atomic mass is 10.0. The number of para-hydroxylation sites is 4. The molecule has 0 N–H and O–H groups in total. The molecular weight excluding hydrogens is 440 g/mol. The van der Waals surface area contributed by atoms with Gasteiger partial charge in [0.15, 0.2) is 0 Å². The molecule has 0 aliphatic rings. The third-order valence-corrected chi connectivity index (χ3v) is 4.94. The normalized spacial score (nSPS) is 10.4. The Morgan fingerprint density at radius 2 is 0.853 bits per heavy atom. The lowest BCUT2D eigenvalue weighted by molar-refractivity contribution is -0.384. The van der Waals surface area contributed by atoms with Gasteiger partial charge in [-0.15, -0.1) is 0 Å². The highest BCUT2D eigenvalue weighted by atomic mass is 16.7. The largest absolute Gasteiger partial charge is 0.519 e. The van der Waals surface area contributed by atoms with Gasteiger partial charge in [0.2, 0.25) is 0 Å². The smallest absolute Gasteiger partial charge is 0.394 e. The standard InChI is InChI=1S/C25H16N2O7/c28-25(33-23-15-7-3-11-19(23)17-9-1-5-13-21(17)26(29)30)34-24-16-8-4-12-20(24)18-10-2-6-14-22(18)27(31)32/h1-16H. The Balaban J connectivity index is 1.65. The summed E-state index contributed by atoms with van der Waals surface area (Å²) in [6.45, 7) is 0. The van der Waals surface area contributed by atoms with Gasteiger partial charge in [0.05, 0.1) is 21.0 Å². The molecule has 0 heterocycles. The second-order valence-corrected chi connectivity index (χ2v) is 6.99. The Morgan fingerprint density at radius 1 is 0.529 bits per heavy atom. The summed E-state index contributed by atoms with van der Waals surface area (Å²) >= 11 is 0. The Labute approximate surface area is 193 Å². The molecule has 4 aromatic carbocycles. The highest BCUT2D eigenvalue weighted by Gasteiger charge is 2.22. The number of rotatable bonds is 6. The topological polar surface area (TPSA) is 122 Å². The molecule has 34 heavy (non-hydrogen) atoms. The molecule has 0 saturated carbocycles. The number of nitro groups is 2. The fourth-order valence-electron chi connectivity index (χ4n) is 3.48. The summed E-state index contributed by atoms with van der Waals surface area (Å²) in [5, 5.41) is 22.9. The molecule has 0 saturated heterocycles. The van der Waals surface area contributed by atoms with Gasteiger partial charge >= 0.3 is 6.16 Å². The van der Waals surface area contributed by atoms with Crippen LogP contribution in [0, 0.1) is 20.2 Å². The van der Waals surface area contributed by atoms with E-state index in [0.29, 0.717) is 11.1 Å². The highest BCUT2D eigenvalue weighted by molar-refractivity contribution is 5.83. The molecule has 0 fully saturated rings. The summed E-state index contributed by atoms with van der Waals surface area (Å²) in [5.41, 5.74) is 0.923. The summed E-state index contributed by atoms with van der Waals surface area (Å²) in [6.07, 6.45) is -1.10. The van der Waals surface area contributed by atoms with Gasteiger partial charge < -0.3 is 9.47 Å². The van der Waals surface area contributed by atoms with Gasteiger partial charge in [-0.05, 0) is 24.3 Å². The van der Waals surface area contributed by atoms with E-state index in [2.05, 4.69) is 0 Å². The zero-order valence-electron chi connectivity index (χ0n) is 17.5. The molecule has 9 nitrogen and oxygen atoms in total. The third-order valence-electron chi connectivity index (χ3n) is 4.94. The molecule has 0 aromatic heterocycles. The number of ether oxygens (including phenoxy) is 2. The maximum absolute atomic E-state index is 12.7. The van der Waals surface area contributed by atoms with Crippen LogP contribution in [0.5, 0.6) is 11.5 Å². The van der Waals surface area contributed by atoms with Gasteiger partial charge in [-0.3, -0.25) is 20.2 Å². The van der Waals surface area contributed by atoms with E-state index < -0.39 is 16.0 Å². The zero-order valence-corrected chi connectivity index (χ0v) is 17.5. The molecule has 4 rings (SSSR count). The number of benzene rings is 4. The Bertz CT molecular complexity index is 1300. The van der Waals surface area contributed by atoms with Gasteiger partial charge in [-0.2, -0.15) is 0 Å². The molecule has 9 heteroatoms. The maximum Gasteiger partial charge on any atom is 0.519 e. The van der Waals surface area contributed by atoms with E-state index in [1.54, 1.807) is 72.8 Å². The van der Waals surface area contributed by atoms with Crippen molar-refractivity contribution in [2.24, 2.45) is 0 Å². The van der Waals surface area contributed by atoms with Crippen LogP contribution in [0.3, 0.4) is 0 Å². The molecule has 0 aliphatic carbocycles. The van der Waals surface area contributed by atoms with Gasteiger partial charge in [0.1, 0.15) is 11.5 Å². The van der Waals surface area contributed by atoms with Gasteiger partial charge in [-0.25, -0.2) is 4.79 Å². The molecule has 0 atom stereocenters. The van der Waals surface area contributed by atoms with Crippen LogP contribution in [0.25, 0.3) is 22.3 Å². The number of nitrogens with zero attached hydrogens (tertiary/aromatic N) is 2. The summed E-state index contributed by atoms with van der Waals surface area (Å²) < 4.78 is 10.8. The average Bonchev–Trinajstić information content (AvgIpc) is 2.84. The van der Waals surface area contributed by atoms with Crippen molar-refractivity contribution in [3.63, 3.8) is 0 Å². The van der Waals surface area contributed by atoms with E-state index in [1.807, 2.05) is 0 Å². The van der Waals surface area contributed by atoms with Crippen molar-refractivity contribution in [2.45, 2.75) is 0 Å². The lowest BCUT2D eigenvalue weighted by Gasteiger charge is -2.12. The maximum atomic E-state index is 12.7. The fourth-order valence-corrected chi connectivity index (χ4v) is 3.48. The van der Waals surface area contributed by atoms with E-state index in [1.165, 1.54) is 24.3 Å². The molecular formula is C25H16N2O7. The summed E-state index contributed by atoms with van der Waals surface area (Å²) in [5.74, 6) is 0.120. The Hall–Kier alpha value is -5.05. The fraction of sp³-hybridized carbons (Fsp3) is 0. The van der Waals surface area contributed by atoms with Crippen LogP contribution >= 0.6 is 0 Å². The van der Waals surface area contributed by atoms with Crippen molar-refractivity contribution in [3.8, 4) is 33.8 Å². The van der Waals surface area contributed by atoms with Crippen molar-refractivity contribution in [1.29, 1.82) is 0 Å². The van der Waals surface area contributed by atoms with Crippen molar-refractivity contribution in [2.75, 3.05) is 0 Å². The third kappa shape index (κ3) is 4.58. The predicted molar refractivity (Wildman–Crippen MR) is 124 cm³/mol. The monoisotopic (exact) mass is 456 g/mol. The minimum atomic E-state index is -1.10. The lowest BCUT2D eigenvalue weighted by Crippen LogP contribution is -2.15. The number of hydrogen-bond acceptors (Lipinski definition) is 7. The van der Waals surface area contributed by atoms with Crippen molar-refractivity contribution >= 4 is 17.5 Å². The van der Waals surface area contributed by atoms with Crippen LogP contribution in [-0.2, 0) is 0 Å². The van der Waals surface area contributed by atoms with Crippen LogP contribution in [-0.4, -0.2) is 16.0 Å². The van der Waals surface area contributed by atoms with Crippen LogP contribution in [0.2, 0.25) is 0 Å². The first-order chi connectivity index (χ1) is 16.5. The van der Waals surface area contributed by atoms with E-state index in [-0.39, 0.29) is 34.0 Å². The van der Waals surface area contributed by atoms with Crippen LogP contribution in [0.1, 0.15) is 0 Å². The average molecular weight is 456 g/mol. The second-order valence-electron chi connectivity index (χ2n) is 6.99. The van der Waals surface area contributed by atoms with Gasteiger partial charge in [0.25, 0.3) is 11.4 Å². The minimum absolute atomic E-state index is 0.0602. The van der Waals surface area contributed by atoms with E-state index in [4.69, 9.17) is 9.47 Å². The van der Waals surface area contributed by atoms with Crippen LogP contribution in [0.15, 0.2) is 97.1 Å². The van der Waals surface area contributed by atoms with E-state index in [0.717, 1.165) is 0 Å². The number of carbonyl (C=O) groups is 1. The Kier molecular flexibility index (Phi) is 6.26. The highest BCUT2D eigenvalue weighted by Crippen LogP contribution is 2.38. The zero-order chi connectivity index (χ0) is 24.1. The van der Waals surface area contributed by atoms with Crippen LogP contribution < -0.4 is 9.47 Å².